The normalized spacial score (nSPS) is 16.2. The maximum atomic E-state index is 9.57. The maximum absolute atomic E-state index is 9.57. The third kappa shape index (κ3) is 2.42. The van der Waals surface area contributed by atoms with E-state index in [1.165, 1.54) is 0 Å². The van der Waals surface area contributed by atoms with Gasteiger partial charge in [0, 0.05) is 11.3 Å². The molecule has 1 atom stereocenters. The van der Waals surface area contributed by atoms with Gasteiger partial charge in [0.05, 0.1) is 19.6 Å². The summed E-state index contributed by atoms with van der Waals surface area (Å²) in [6, 6.07) is 7.72. The van der Waals surface area contributed by atoms with E-state index in [0.29, 0.717) is 29.6 Å². The summed E-state index contributed by atoms with van der Waals surface area (Å²) in [5.74, 6) is 1.33. The van der Waals surface area contributed by atoms with E-state index >= 15 is 0 Å². The van der Waals surface area contributed by atoms with Crippen molar-refractivity contribution in [3.8, 4) is 23.4 Å². The number of ether oxygens (including phenoxy) is 3. The lowest BCUT2D eigenvalue weighted by Gasteiger charge is -2.24. The van der Waals surface area contributed by atoms with Crippen molar-refractivity contribution in [2.24, 2.45) is 5.73 Å². The fraction of sp³-hybridized carbons (Fsp3) is 0.294. The van der Waals surface area contributed by atoms with Crippen LogP contribution in [-0.2, 0) is 0 Å². The number of hydrogen-bond acceptors (Lipinski definition) is 6. The van der Waals surface area contributed by atoms with Gasteiger partial charge in [-0.3, -0.25) is 5.10 Å². The molecule has 0 bridgehead atoms. The highest BCUT2D eigenvalue weighted by Crippen LogP contribution is 2.44. The Bertz CT molecular complexity index is 848. The molecule has 0 saturated heterocycles. The van der Waals surface area contributed by atoms with Gasteiger partial charge in [0.25, 0.3) is 0 Å². The van der Waals surface area contributed by atoms with E-state index in [2.05, 4.69) is 16.3 Å². The van der Waals surface area contributed by atoms with Crippen LogP contribution in [0.5, 0.6) is 17.4 Å². The number of allylic oxidation sites excluding steroid dienone is 1. The van der Waals surface area contributed by atoms with Gasteiger partial charge in [-0.2, -0.15) is 5.26 Å². The summed E-state index contributed by atoms with van der Waals surface area (Å²) in [5, 5.41) is 16.6. The number of hydrogen-bond donors (Lipinski definition) is 2. The first-order valence-corrected chi connectivity index (χ1v) is 7.53. The molecule has 2 aromatic rings. The van der Waals surface area contributed by atoms with Crippen LogP contribution in [0.1, 0.15) is 29.7 Å². The standard InChI is InChI=1S/C17H18N4O3/c1-4-23-13-7-10(5-6-12(13)22-3)15-11(8-18)16(19)24-17-14(15)9(2)20-21-17/h5-7,15H,4,19H2,1-3H3,(H,20,21)/t15-/m1/s1. The van der Waals surface area contributed by atoms with Gasteiger partial charge in [-0.1, -0.05) is 6.07 Å². The van der Waals surface area contributed by atoms with Crippen LogP contribution in [0.25, 0.3) is 0 Å². The van der Waals surface area contributed by atoms with Gasteiger partial charge in [-0.05, 0) is 31.5 Å². The van der Waals surface area contributed by atoms with Gasteiger partial charge in [0.15, 0.2) is 11.5 Å². The molecular formula is C17H18N4O3. The van der Waals surface area contributed by atoms with E-state index in [-0.39, 0.29) is 11.8 Å². The first-order valence-electron chi connectivity index (χ1n) is 7.53. The second-order valence-corrected chi connectivity index (χ2v) is 5.34. The molecule has 1 aromatic carbocycles. The Morgan fingerprint density at radius 2 is 2.21 bits per heavy atom. The molecule has 3 rings (SSSR count). The number of nitriles is 1. The van der Waals surface area contributed by atoms with E-state index in [0.717, 1.165) is 16.8 Å². The van der Waals surface area contributed by atoms with Crippen molar-refractivity contribution < 1.29 is 14.2 Å². The summed E-state index contributed by atoms with van der Waals surface area (Å²) >= 11 is 0. The van der Waals surface area contributed by atoms with E-state index in [4.69, 9.17) is 19.9 Å². The van der Waals surface area contributed by atoms with Gasteiger partial charge in [-0.15, -0.1) is 5.10 Å². The Labute approximate surface area is 139 Å². The molecule has 0 saturated carbocycles. The van der Waals surface area contributed by atoms with Crippen LogP contribution in [0, 0.1) is 18.3 Å². The number of rotatable bonds is 4. The second kappa shape index (κ2) is 6.16. The van der Waals surface area contributed by atoms with E-state index in [1.807, 2.05) is 32.0 Å². The van der Waals surface area contributed by atoms with Crippen LogP contribution in [0.4, 0.5) is 0 Å². The molecular weight excluding hydrogens is 308 g/mol. The highest BCUT2D eigenvalue weighted by atomic mass is 16.5. The summed E-state index contributed by atoms with van der Waals surface area (Å²) in [4.78, 5) is 0. The number of aromatic nitrogens is 2. The van der Waals surface area contributed by atoms with E-state index in [1.54, 1.807) is 7.11 Å². The fourth-order valence-corrected chi connectivity index (χ4v) is 2.87. The minimum absolute atomic E-state index is 0.0651. The van der Waals surface area contributed by atoms with Crippen LogP contribution < -0.4 is 19.9 Å². The smallest absolute Gasteiger partial charge is 0.244 e. The first kappa shape index (κ1) is 15.7. The molecule has 0 fully saturated rings. The Morgan fingerprint density at radius 3 is 2.88 bits per heavy atom. The Hall–Kier alpha value is -3.14. The second-order valence-electron chi connectivity index (χ2n) is 5.34. The number of H-pyrrole nitrogens is 1. The largest absolute Gasteiger partial charge is 0.493 e. The average Bonchev–Trinajstić information content (AvgIpc) is 2.94. The van der Waals surface area contributed by atoms with E-state index in [9.17, 15) is 5.26 Å². The van der Waals surface area contributed by atoms with Gasteiger partial charge in [0.1, 0.15) is 11.6 Å². The first-order chi connectivity index (χ1) is 11.6. The molecule has 0 radical (unpaired) electrons. The van der Waals surface area contributed by atoms with Crippen LogP contribution >= 0.6 is 0 Å². The molecule has 0 aliphatic carbocycles. The number of fused-ring (bicyclic) bond motifs is 1. The SMILES string of the molecule is CCOc1cc([C@@H]2C(C#N)=C(N)Oc3n[nH]c(C)c32)ccc1OC. The van der Waals surface area contributed by atoms with E-state index < -0.39 is 0 Å². The number of nitrogens with two attached hydrogens (primary N) is 1. The molecule has 124 valence electrons. The zero-order chi connectivity index (χ0) is 17.3. The van der Waals surface area contributed by atoms with Crippen LogP contribution in [-0.4, -0.2) is 23.9 Å². The number of methoxy groups -OCH3 is 1. The molecule has 2 heterocycles. The van der Waals surface area contributed by atoms with Gasteiger partial charge in [0.2, 0.25) is 11.8 Å². The number of nitrogens with zero attached hydrogens (tertiary/aromatic N) is 2. The Kier molecular flexibility index (Phi) is 4.04. The molecule has 0 spiro atoms. The van der Waals surface area contributed by atoms with Gasteiger partial charge in [-0.25, -0.2) is 0 Å². The minimum Gasteiger partial charge on any atom is -0.493 e. The molecule has 7 heteroatoms. The fourth-order valence-electron chi connectivity index (χ4n) is 2.87. The van der Waals surface area contributed by atoms with Gasteiger partial charge < -0.3 is 19.9 Å². The average molecular weight is 326 g/mol. The van der Waals surface area contributed by atoms with Crippen LogP contribution in [0.15, 0.2) is 29.7 Å². The molecule has 1 aromatic heterocycles. The van der Waals surface area contributed by atoms with Crippen molar-refractivity contribution in [2.75, 3.05) is 13.7 Å². The highest BCUT2D eigenvalue weighted by molar-refractivity contribution is 5.57. The van der Waals surface area contributed by atoms with Crippen molar-refractivity contribution in [3.05, 3.63) is 46.5 Å². The van der Waals surface area contributed by atoms with Crippen molar-refractivity contribution in [1.82, 2.24) is 10.2 Å². The minimum atomic E-state index is -0.373. The topological polar surface area (TPSA) is 106 Å². The molecule has 3 N–H and O–H groups in total. The predicted octanol–water partition coefficient (Wildman–Crippen LogP) is 2.34. The Morgan fingerprint density at radius 1 is 1.42 bits per heavy atom. The summed E-state index contributed by atoms with van der Waals surface area (Å²) in [5.41, 5.74) is 8.74. The summed E-state index contributed by atoms with van der Waals surface area (Å²) < 4.78 is 16.4. The van der Waals surface area contributed by atoms with Crippen LogP contribution in [0.3, 0.4) is 0 Å². The third-order valence-electron chi connectivity index (χ3n) is 3.95. The molecule has 0 unspecified atom stereocenters. The lowest BCUT2D eigenvalue weighted by molar-refractivity contribution is 0.310. The summed E-state index contributed by atoms with van der Waals surface area (Å²) in [6.45, 7) is 4.29. The quantitative estimate of drug-likeness (QED) is 0.893. The molecule has 0 amide bonds. The summed E-state index contributed by atoms with van der Waals surface area (Å²) in [6.07, 6.45) is 0. The van der Waals surface area contributed by atoms with Gasteiger partial charge >= 0.3 is 0 Å². The third-order valence-corrected chi connectivity index (χ3v) is 3.95. The maximum Gasteiger partial charge on any atom is 0.244 e. The molecule has 1 aliphatic heterocycles. The summed E-state index contributed by atoms with van der Waals surface area (Å²) in [7, 11) is 1.59. The van der Waals surface area contributed by atoms with Crippen LogP contribution in [0.2, 0.25) is 0 Å². The number of benzene rings is 1. The lowest BCUT2D eigenvalue weighted by atomic mass is 9.84. The van der Waals surface area contributed by atoms with Crippen molar-refractivity contribution in [2.45, 2.75) is 19.8 Å². The Balaban J connectivity index is 2.18. The highest BCUT2D eigenvalue weighted by Gasteiger charge is 2.34. The number of aromatic amines is 1. The molecule has 1 aliphatic rings. The van der Waals surface area contributed by atoms with Crippen molar-refractivity contribution in [3.63, 3.8) is 0 Å². The predicted molar refractivity (Wildman–Crippen MR) is 86.8 cm³/mol. The number of nitrogens with one attached hydrogen (secondary N) is 1. The lowest BCUT2D eigenvalue weighted by Crippen LogP contribution is -2.21. The zero-order valence-corrected chi connectivity index (χ0v) is 13.7. The zero-order valence-electron chi connectivity index (χ0n) is 13.7. The van der Waals surface area contributed by atoms with Crippen molar-refractivity contribution >= 4 is 0 Å². The molecule has 7 nitrogen and oxygen atoms in total. The molecule has 24 heavy (non-hydrogen) atoms. The van der Waals surface area contributed by atoms with Crippen molar-refractivity contribution in [1.29, 1.82) is 5.26 Å². The number of aryl methyl sites for hydroxylation is 1. The monoisotopic (exact) mass is 326 g/mol.